The second-order valence-electron chi connectivity index (χ2n) is 9.98. The average molecular weight is 555 g/mol. The van der Waals surface area contributed by atoms with Crippen LogP contribution in [0.5, 0.6) is 0 Å². The van der Waals surface area contributed by atoms with Crippen molar-refractivity contribution in [3.05, 3.63) is 47.2 Å². The highest BCUT2D eigenvalue weighted by Crippen LogP contribution is 2.41. The van der Waals surface area contributed by atoms with Gasteiger partial charge in [0.25, 0.3) is 0 Å². The predicted octanol–water partition coefficient (Wildman–Crippen LogP) is 3.68. The molecule has 1 saturated heterocycles. The molecule has 7 nitrogen and oxygen atoms in total. The molecule has 0 bridgehead atoms. The number of hydrogen-bond acceptors (Lipinski definition) is 7. The zero-order valence-electron chi connectivity index (χ0n) is 20.8. The van der Waals surface area contributed by atoms with Crippen molar-refractivity contribution in [3.63, 3.8) is 0 Å². The van der Waals surface area contributed by atoms with Crippen LogP contribution in [-0.4, -0.2) is 84.4 Å². The van der Waals surface area contributed by atoms with Crippen LogP contribution in [0.25, 0.3) is 0 Å². The summed E-state index contributed by atoms with van der Waals surface area (Å²) < 4.78 is 0. The number of amidine groups is 1. The average Bonchev–Trinajstić information content (AvgIpc) is 3.26. The monoisotopic (exact) mass is 553 g/mol. The number of carbonyl (C=O) groups is 2. The number of rotatable bonds is 5. The number of aliphatic imine (C=N–C) groups is 3. The number of halogens is 3. The Balaban J connectivity index is 0.00000152. The molecular formula is C26H34Cl3N5O2. The molecule has 3 heterocycles. The summed E-state index contributed by atoms with van der Waals surface area (Å²) in [6.07, 6.45) is 3.32. The van der Waals surface area contributed by atoms with E-state index in [9.17, 15) is 9.59 Å². The lowest BCUT2D eigenvalue weighted by atomic mass is 9.67. The Morgan fingerprint density at radius 2 is 1.64 bits per heavy atom. The fourth-order valence-electron chi connectivity index (χ4n) is 5.17. The first-order valence-corrected chi connectivity index (χ1v) is 11.9. The lowest BCUT2D eigenvalue weighted by molar-refractivity contribution is -0.131. The van der Waals surface area contributed by atoms with Gasteiger partial charge in [-0.2, -0.15) is 0 Å². The van der Waals surface area contributed by atoms with Gasteiger partial charge in [0.15, 0.2) is 17.4 Å². The normalized spacial score (nSPS) is 25.1. The van der Waals surface area contributed by atoms with Crippen molar-refractivity contribution in [2.24, 2.45) is 26.8 Å². The predicted molar refractivity (Wildman–Crippen MR) is 152 cm³/mol. The minimum Gasteiger partial charge on any atom is -0.304 e. The highest BCUT2D eigenvalue weighted by molar-refractivity contribution is 6.52. The maximum absolute atomic E-state index is 13.7. The molecule has 1 aliphatic carbocycles. The van der Waals surface area contributed by atoms with Gasteiger partial charge in [0.05, 0.1) is 5.92 Å². The molecule has 0 saturated carbocycles. The van der Waals surface area contributed by atoms with E-state index in [1.165, 1.54) is 0 Å². The number of hydrogen-bond donors (Lipinski definition) is 0. The number of carbonyl (C=O) groups excluding carboxylic acids is 2. The van der Waals surface area contributed by atoms with Crippen LogP contribution >= 0.6 is 37.2 Å². The van der Waals surface area contributed by atoms with E-state index in [-0.39, 0.29) is 48.8 Å². The van der Waals surface area contributed by atoms with Crippen LogP contribution in [0.15, 0.2) is 56.6 Å². The van der Waals surface area contributed by atoms with Gasteiger partial charge in [-0.3, -0.25) is 14.6 Å². The molecule has 1 aromatic carbocycles. The zero-order chi connectivity index (χ0) is 23.2. The second-order valence-corrected chi connectivity index (χ2v) is 9.98. The van der Waals surface area contributed by atoms with Gasteiger partial charge in [0, 0.05) is 49.4 Å². The minimum atomic E-state index is -0.829. The third-order valence-corrected chi connectivity index (χ3v) is 7.27. The van der Waals surface area contributed by atoms with Crippen molar-refractivity contribution < 1.29 is 9.59 Å². The number of fused-ring (bicyclic) bond motifs is 2. The Hall–Kier alpha value is -1.90. The molecular weight excluding hydrogens is 521 g/mol. The summed E-state index contributed by atoms with van der Waals surface area (Å²) in [4.78, 5) is 45.8. The van der Waals surface area contributed by atoms with Crippen LogP contribution in [-0.2, 0) is 9.59 Å². The molecule has 1 fully saturated rings. The lowest BCUT2D eigenvalue weighted by Crippen LogP contribution is -2.49. The van der Waals surface area contributed by atoms with Gasteiger partial charge in [-0.05, 0) is 40.3 Å². The van der Waals surface area contributed by atoms with E-state index in [4.69, 9.17) is 4.99 Å². The van der Waals surface area contributed by atoms with Crippen molar-refractivity contribution in [3.8, 4) is 0 Å². The Morgan fingerprint density at radius 3 is 2.31 bits per heavy atom. The molecule has 36 heavy (non-hydrogen) atoms. The van der Waals surface area contributed by atoms with Gasteiger partial charge >= 0.3 is 0 Å². The third kappa shape index (κ3) is 5.65. The van der Waals surface area contributed by atoms with Crippen molar-refractivity contribution >= 4 is 66.5 Å². The van der Waals surface area contributed by atoms with Crippen LogP contribution in [0.4, 0.5) is 0 Å². The van der Waals surface area contributed by atoms with E-state index in [1.807, 2.05) is 44.2 Å². The summed E-state index contributed by atoms with van der Waals surface area (Å²) >= 11 is 0. The molecule has 196 valence electrons. The molecule has 5 rings (SSSR count). The molecule has 0 amide bonds. The van der Waals surface area contributed by atoms with Crippen molar-refractivity contribution in [1.82, 2.24) is 9.80 Å². The number of allylic oxidation sites excluding steroid dienone is 2. The summed E-state index contributed by atoms with van der Waals surface area (Å²) in [7, 11) is 2.15. The van der Waals surface area contributed by atoms with Crippen LogP contribution in [0.1, 0.15) is 32.3 Å². The largest absolute Gasteiger partial charge is 0.304 e. The summed E-state index contributed by atoms with van der Waals surface area (Å²) in [5, 5.41) is 0. The number of ketones is 2. The highest BCUT2D eigenvalue weighted by Gasteiger charge is 2.50. The summed E-state index contributed by atoms with van der Waals surface area (Å²) in [5.74, 6) is -0.410. The first-order chi connectivity index (χ1) is 15.8. The molecule has 1 aromatic rings. The molecule has 0 spiro atoms. The standard InChI is InChI=1S/C26H31N5O2.3ClH/c1-26(2)24(33)20-18(10-7-11-31-14-12-30(3)13-15-31)23(32)22-21(19(20)16-27-26)28-25(29-22)17-8-5-4-6-9-17;;;/h4-6,8-9,16,18,20H,7,10-15H2,1-3H3;3*1H. The lowest BCUT2D eigenvalue weighted by Gasteiger charge is -2.38. The number of piperazine rings is 1. The fraction of sp³-hybridized carbons (Fsp3) is 0.500. The van der Waals surface area contributed by atoms with Crippen molar-refractivity contribution in [1.29, 1.82) is 0 Å². The molecule has 0 aromatic heterocycles. The van der Waals surface area contributed by atoms with Crippen molar-refractivity contribution in [2.45, 2.75) is 32.2 Å². The van der Waals surface area contributed by atoms with Crippen LogP contribution < -0.4 is 0 Å². The van der Waals surface area contributed by atoms with Gasteiger partial charge in [-0.25, -0.2) is 9.98 Å². The van der Waals surface area contributed by atoms with E-state index in [1.54, 1.807) is 6.21 Å². The topological polar surface area (TPSA) is 77.7 Å². The smallest absolute Gasteiger partial charge is 0.187 e. The van der Waals surface area contributed by atoms with Gasteiger partial charge in [0.1, 0.15) is 16.9 Å². The van der Waals surface area contributed by atoms with Gasteiger partial charge < -0.3 is 9.80 Å². The number of nitrogens with zero attached hydrogens (tertiary/aromatic N) is 5. The van der Waals surface area contributed by atoms with Crippen molar-refractivity contribution in [2.75, 3.05) is 39.8 Å². The quantitative estimate of drug-likeness (QED) is 0.556. The van der Waals surface area contributed by atoms with Gasteiger partial charge in [0.2, 0.25) is 0 Å². The van der Waals surface area contributed by atoms with E-state index >= 15 is 0 Å². The molecule has 4 aliphatic rings. The first-order valence-electron chi connectivity index (χ1n) is 11.9. The summed E-state index contributed by atoms with van der Waals surface area (Å²) in [6.45, 7) is 8.84. The molecule has 2 atom stereocenters. The maximum atomic E-state index is 13.7. The van der Waals surface area contributed by atoms with E-state index in [0.29, 0.717) is 23.7 Å². The number of benzene rings is 1. The van der Waals surface area contributed by atoms with E-state index < -0.39 is 17.4 Å². The van der Waals surface area contributed by atoms with Crippen LogP contribution in [0.3, 0.4) is 0 Å². The SMILES string of the molecule is CN1CCN(CCCC2C(=O)C3=NC(c4ccccc4)=NC3=C3C=NC(C)(C)C(=O)C32)CC1.Cl.Cl.Cl. The molecule has 2 unspecified atom stereocenters. The van der Waals surface area contributed by atoms with E-state index in [0.717, 1.165) is 50.3 Å². The minimum absolute atomic E-state index is 0. The maximum Gasteiger partial charge on any atom is 0.187 e. The Morgan fingerprint density at radius 1 is 0.972 bits per heavy atom. The third-order valence-electron chi connectivity index (χ3n) is 7.27. The molecule has 10 heteroatoms. The Kier molecular flexibility index (Phi) is 10.2. The second kappa shape index (κ2) is 12.1. The van der Waals surface area contributed by atoms with Crippen LogP contribution in [0.2, 0.25) is 0 Å². The highest BCUT2D eigenvalue weighted by atomic mass is 35.5. The van der Waals surface area contributed by atoms with E-state index in [2.05, 4.69) is 26.8 Å². The Bertz CT molecular complexity index is 1110. The van der Waals surface area contributed by atoms with Gasteiger partial charge in [-0.1, -0.05) is 30.3 Å². The summed E-state index contributed by atoms with van der Waals surface area (Å²) in [5.41, 5.74) is 1.72. The molecule has 0 N–H and O–H groups in total. The fourth-order valence-corrected chi connectivity index (χ4v) is 5.17. The molecule has 3 aliphatic heterocycles. The Labute approximate surface area is 231 Å². The van der Waals surface area contributed by atoms with Crippen LogP contribution in [0, 0.1) is 11.8 Å². The molecule has 0 radical (unpaired) electrons. The summed E-state index contributed by atoms with van der Waals surface area (Å²) in [6, 6.07) is 9.66. The number of likely N-dealkylation sites (N-methyl/N-ethyl adjacent to an activating group) is 1. The number of Topliss-reactive ketones (excluding diaryl/α,β-unsaturated/α-hetero) is 2. The zero-order valence-corrected chi connectivity index (χ0v) is 23.3. The van der Waals surface area contributed by atoms with Gasteiger partial charge in [-0.15, -0.1) is 37.2 Å². The first kappa shape index (κ1) is 30.3.